The van der Waals surface area contributed by atoms with Gasteiger partial charge in [0.25, 0.3) is 0 Å². The monoisotopic (exact) mass is 319 g/mol. The molecule has 0 bridgehead atoms. The van der Waals surface area contributed by atoms with Crippen LogP contribution in [0.3, 0.4) is 0 Å². The first-order chi connectivity index (χ1) is 8.11. The molecule has 1 heterocycles. The van der Waals surface area contributed by atoms with Crippen molar-refractivity contribution in [2.45, 2.75) is 6.92 Å². The molecule has 2 amide bonds. The number of halogens is 1. The fourth-order valence-corrected chi connectivity index (χ4v) is 1.59. The van der Waals surface area contributed by atoms with E-state index in [1.54, 1.807) is 25.1 Å². The first-order valence-corrected chi connectivity index (χ1v) is 6.26. The average molecular weight is 320 g/mol. The van der Waals surface area contributed by atoms with E-state index in [1.807, 2.05) is 0 Å². The van der Waals surface area contributed by atoms with Gasteiger partial charge in [-0.2, -0.15) is 0 Å². The van der Waals surface area contributed by atoms with Crippen LogP contribution in [0, 0.1) is 0 Å². The Bertz CT molecular complexity index is 416. The van der Waals surface area contributed by atoms with Gasteiger partial charge in [0.2, 0.25) is 0 Å². The van der Waals surface area contributed by atoms with Gasteiger partial charge in [0.1, 0.15) is 10.4 Å². The van der Waals surface area contributed by atoms with Gasteiger partial charge in [0.15, 0.2) is 0 Å². The Morgan fingerprint density at radius 2 is 2.29 bits per heavy atom. The summed E-state index contributed by atoms with van der Waals surface area (Å²) in [5.41, 5.74) is 0. The van der Waals surface area contributed by atoms with Crippen LogP contribution in [0.4, 0.5) is 15.4 Å². The lowest BCUT2D eigenvalue weighted by Crippen LogP contribution is -2.21. The smallest absolute Gasteiger partial charge is 0.417 e. The highest BCUT2D eigenvalue weighted by Crippen LogP contribution is 2.11. The van der Waals surface area contributed by atoms with Crippen molar-refractivity contribution in [2.24, 2.45) is 0 Å². The molecule has 0 saturated carbocycles. The predicted octanol–water partition coefficient (Wildman–Crippen LogP) is 2.77. The quantitative estimate of drug-likeness (QED) is 0.647. The summed E-state index contributed by atoms with van der Waals surface area (Å²) in [6, 6.07) is 5.10. The van der Waals surface area contributed by atoms with Crippen molar-refractivity contribution in [1.82, 2.24) is 9.71 Å². The van der Waals surface area contributed by atoms with E-state index >= 15 is 0 Å². The molecule has 0 aliphatic heterocycles. The lowest BCUT2D eigenvalue weighted by atomic mass is 10.5. The highest BCUT2D eigenvalue weighted by molar-refractivity contribution is 9.10. The Morgan fingerprint density at radius 3 is 2.94 bits per heavy atom. The topological polar surface area (TPSA) is 80.3 Å². The standard InChI is InChI=1S/C9H10BrN3O3S/c1-2-16-8(14)13-17-9(15)12-7-5-3-4-6(10)11-7/h3-5H,2H2,1H3,(H,13,14)(H,11,12,15). The second-order valence-corrected chi connectivity index (χ2v) is 4.27. The lowest BCUT2D eigenvalue weighted by Gasteiger charge is -2.05. The highest BCUT2D eigenvalue weighted by atomic mass is 79.9. The first-order valence-electron chi connectivity index (χ1n) is 4.65. The van der Waals surface area contributed by atoms with E-state index in [1.165, 1.54) is 0 Å². The van der Waals surface area contributed by atoms with Gasteiger partial charge < -0.3 is 4.74 Å². The molecule has 92 valence electrons. The highest BCUT2D eigenvalue weighted by Gasteiger charge is 2.07. The average Bonchev–Trinajstić information content (AvgIpc) is 2.27. The Balaban J connectivity index is 2.37. The van der Waals surface area contributed by atoms with Crippen LogP contribution < -0.4 is 10.0 Å². The summed E-state index contributed by atoms with van der Waals surface area (Å²) in [6.07, 6.45) is -0.658. The van der Waals surface area contributed by atoms with E-state index < -0.39 is 11.3 Å². The first kappa shape index (κ1) is 13.8. The Kier molecular flexibility index (Phi) is 5.78. The van der Waals surface area contributed by atoms with E-state index in [4.69, 9.17) is 0 Å². The molecule has 6 nitrogen and oxygen atoms in total. The molecule has 1 aromatic heterocycles. The van der Waals surface area contributed by atoms with Crippen molar-refractivity contribution in [3.8, 4) is 0 Å². The summed E-state index contributed by atoms with van der Waals surface area (Å²) in [5, 5.41) is 2.04. The third kappa shape index (κ3) is 5.55. The number of carbonyl (C=O) groups is 2. The maximum Gasteiger partial charge on any atom is 0.417 e. The summed E-state index contributed by atoms with van der Waals surface area (Å²) in [5.74, 6) is 0.391. The van der Waals surface area contributed by atoms with Gasteiger partial charge in [-0.05, 0) is 35.0 Å². The molecule has 0 aliphatic rings. The maximum absolute atomic E-state index is 11.4. The zero-order valence-corrected chi connectivity index (χ0v) is 11.3. The van der Waals surface area contributed by atoms with Gasteiger partial charge in [-0.3, -0.25) is 14.8 Å². The number of pyridine rings is 1. The largest absolute Gasteiger partial charge is 0.449 e. The minimum absolute atomic E-state index is 0.251. The van der Waals surface area contributed by atoms with Crippen LogP contribution >= 0.6 is 27.9 Å². The molecule has 0 radical (unpaired) electrons. The van der Waals surface area contributed by atoms with Gasteiger partial charge in [-0.1, -0.05) is 6.07 Å². The van der Waals surface area contributed by atoms with Crippen molar-refractivity contribution in [1.29, 1.82) is 0 Å². The molecular formula is C9H10BrN3O3S. The van der Waals surface area contributed by atoms with Crippen LogP contribution in [-0.4, -0.2) is 22.9 Å². The van der Waals surface area contributed by atoms with Crippen LogP contribution in [0.5, 0.6) is 0 Å². The summed E-state index contributed by atoms with van der Waals surface area (Å²) in [7, 11) is 0. The van der Waals surface area contributed by atoms with Crippen molar-refractivity contribution >= 4 is 45.0 Å². The Hall–Kier alpha value is -1.28. The summed E-state index contributed by atoms with van der Waals surface area (Å²) in [4.78, 5) is 26.3. The fourth-order valence-electron chi connectivity index (χ4n) is 0.857. The number of hydrogen-bond donors (Lipinski definition) is 2. The Labute approximate surface area is 111 Å². The van der Waals surface area contributed by atoms with Crippen LogP contribution in [0.15, 0.2) is 22.8 Å². The van der Waals surface area contributed by atoms with E-state index in [0.29, 0.717) is 22.4 Å². The van der Waals surface area contributed by atoms with Gasteiger partial charge in [-0.25, -0.2) is 9.78 Å². The van der Waals surface area contributed by atoms with Gasteiger partial charge in [0, 0.05) is 0 Å². The van der Waals surface area contributed by atoms with Crippen LogP contribution in [0.1, 0.15) is 6.92 Å². The third-order valence-corrected chi connectivity index (χ3v) is 2.45. The summed E-state index contributed by atoms with van der Waals surface area (Å²) in [6.45, 7) is 1.93. The number of carbonyl (C=O) groups excluding carboxylic acids is 2. The number of amides is 2. The molecule has 0 fully saturated rings. The summed E-state index contributed by atoms with van der Waals surface area (Å²) < 4.78 is 7.42. The fraction of sp³-hybridized carbons (Fsp3) is 0.222. The van der Waals surface area contributed by atoms with Crippen LogP contribution in [0.25, 0.3) is 0 Å². The Morgan fingerprint density at radius 1 is 1.53 bits per heavy atom. The van der Waals surface area contributed by atoms with E-state index in [0.717, 1.165) is 0 Å². The van der Waals surface area contributed by atoms with Crippen molar-refractivity contribution in [2.75, 3.05) is 11.9 Å². The SMILES string of the molecule is CCOC(=O)NSC(=O)Nc1cccc(Br)n1. The number of ether oxygens (including phenoxy) is 1. The normalized spacial score (nSPS) is 9.53. The van der Waals surface area contributed by atoms with Crippen molar-refractivity contribution in [3.63, 3.8) is 0 Å². The third-order valence-electron chi connectivity index (χ3n) is 1.45. The van der Waals surface area contributed by atoms with E-state index in [-0.39, 0.29) is 6.61 Å². The van der Waals surface area contributed by atoms with E-state index in [9.17, 15) is 9.59 Å². The molecule has 0 aliphatic carbocycles. The van der Waals surface area contributed by atoms with Crippen molar-refractivity contribution < 1.29 is 14.3 Å². The van der Waals surface area contributed by atoms with Gasteiger partial charge in [-0.15, -0.1) is 0 Å². The molecule has 17 heavy (non-hydrogen) atoms. The molecule has 0 saturated heterocycles. The number of nitrogens with zero attached hydrogens (tertiary/aromatic N) is 1. The summed E-state index contributed by atoms with van der Waals surface area (Å²) >= 11 is 3.77. The van der Waals surface area contributed by atoms with Crippen LogP contribution in [-0.2, 0) is 4.74 Å². The molecule has 2 N–H and O–H groups in total. The molecular weight excluding hydrogens is 310 g/mol. The lowest BCUT2D eigenvalue weighted by molar-refractivity contribution is 0.159. The zero-order chi connectivity index (χ0) is 12.7. The minimum Gasteiger partial charge on any atom is -0.449 e. The molecule has 0 unspecified atom stereocenters. The maximum atomic E-state index is 11.4. The zero-order valence-electron chi connectivity index (χ0n) is 8.90. The number of nitrogens with one attached hydrogen (secondary N) is 2. The van der Waals surface area contributed by atoms with Gasteiger partial charge >= 0.3 is 11.3 Å². The molecule has 1 rings (SSSR count). The molecule has 0 spiro atoms. The number of aromatic nitrogens is 1. The second-order valence-electron chi connectivity index (χ2n) is 2.68. The molecule has 8 heteroatoms. The molecule has 1 aromatic rings. The van der Waals surface area contributed by atoms with Gasteiger partial charge in [0.05, 0.1) is 18.6 Å². The van der Waals surface area contributed by atoms with E-state index in [2.05, 4.69) is 35.7 Å². The molecule has 0 atom stereocenters. The van der Waals surface area contributed by atoms with Crippen LogP contribution in [0.2, 0.25) is 0 Å². The number of anilines is 1. The minimum atomic E-state index is -0.658. The second kappa shape index (κ2) is 7.13. The molecule has 0 aromatic carbocycles. The number of hydrogen-bond acceptors (Lipinski definition) is 5. The number of rotatable bonds is 2. The van der Waals surface area contributed by atoms with Crippen molar-refractivity contribution in [3.05, 3.63) is 22.8 Å². The predicted molar refractivity (Wildman–Crippen MR) is 68.7 cm³/mol.